The van der Waals surface area contributed by atoms with Gasteiger partial charge in [-0.15, -0.1) is 0 Å². The Labute approximate surface area is 164 Å². The van der Waals surface area contributed by atoms with E-state index in [9.17, 15) is 14.3 Å². The Balaban J connectivity index is 1.88. The third kappa shape index (κ3) is 4.05. The second kappa shape index (κ2) is 7.79. The molecule has 1 aliphatic rings. The number of ether oxygens (including phenoxy) is 1. The topological polar surface area (TPSA) is 100 Å². The number of nitrogens with one attached hydrogen (secondary N) is 1. The molecular weight excluding hydrogens is 400 g/mol. The quantitative estimate of drug-likeness (QED) is 0.772. The maximum Gasteiger partial charge on any atom is 0.416 e. The number of aromatic nitrogens is 3. The van der Waals surface area contributed by atoms with Gasteiger partial charge < -0.3 is 15.2 Å². The van der Waals surface area contributed by atoms with Crippen molar-refractivity contribution in [3.63, 3.8) is 0 Å². The molecule has 1 saturated heterocycles. The van der Waals surface area contributed by atoms with Gasteiger partial charge in [0.1, 0.15) is 12.6 Å². The first-order valence-corrected chi connectivity index (χ1v) is 8.77. The number of carbonyl (C=O) groups excluding carboxylic acids is 1. The Bertz CT molecular complexity index is 870. The number of cyclic esters (lactones) is 1. The van der Waals surface area contributed by atoms with Crippen LogP contribution in [0.15, 0.2) is 18.5 Å². The van der Waals surface area contributed by atoms with Crippen LogP contribution < -0.4 is 10.2 Å². The number of hydrogen-bond donors (Lipinski definition) is 2. The molecule has 1 aliphatic heterocycles. The highest BCUT2D eigenvalue weighted by Gasteiger charge is 2.39. The van der Waals surface area contributed by atoms with Crippen LogP contribution in [0.4, 0.5) is 21.0 Å². The highest BCUT2D eigenvalue weighted by atomic mass is 35.5. The molecule has 27 heavy (non-hydrogen) atoms. The molecule has 2 aromatic rings. The standard InChI is InChI=1S/C16H16Cl2FN5O3/c1-7(13-10(18)3-9(17)4-20-13)22-15-21-5-11(19)14(23-15)24-12(8(2)25)6-27-16(24)26/h3-5,7-8,12,25H,6H2,1-2H3,(H,21,22,23)/t7-,8-,12-/m1/s1. The first-order chi connectivity index (χ1) is 12.8. The number of aliphatic hydroxyl groups is 1. The second-order valence-electron chi connectivity index (χ2n) is 6.01. The Morgan fingerprint density at radius 1 is 1.37 bits per heavy atom. The van der Waals surface area contributed by atoms with Crippen LogP contribution in [-0.4, -0.2) is 44.9 Å². The zero-order valence-corrected chi connectivity index (χ0v) is 15.9. The summed E-state index contributed by atoms with van der Waals surface area (Å²) in [5.74, 6) is -1.06. The molecule has 0 radical (unpaired) electrons. The van der Waals surface area contributed by atoms with Gasteiger partial charge in [-0.05, 0) is 19.9 Å². The molecule has 0 unspecified atom stereocenters. The van der Waals surface area contributed by atoms with Crippen LogP contribution in [0.5, 0.6) is 0 Å². The van der Waals surface area contributed by atoms with Crippen LogP contribution in [-0.2, 0) is 4.74 Å². The number of amides is 1. The van der Waals surface area contributed by atoms with Crippen LogP contribution in [0.3, 0.4) is 0 Å². The molecule has 2 aromatic heterocycles. The van der Waals surface area contributed by atoms with E-state index in [1.807, 2.05) is 0 Å². The molecule has 3 heterocycles. The monoisotopic (exact) mass is 415 g/mol. The molecule has 0 spiro atoms. The maximum absolute atomic E-state index is 14.3. The molecule has 1 amide bonds. The Morgan fingerprint density at radius 2 is 2.11 bits per heavy atom. The normalized spacial score (nSPS) is 19.0. The fraction of sp³-hybridized carbons (Fsp3) is 0.375. The van der Waals surface area contributed by atoms with Crippen molar-refractivity contribution < 1.29 is 19.0 Å². The summed E-state index contributed by atoms with van der Waals surface area (Å²) < 4.78 is 19.2. The van der Waals surface area contributed by atoms with E-state index in [0.717, 1.165) is 11.1 Å². The third-order valence-corrected chi connectivity index (χ3v) is 4.52. The Kier molecular flexibility index (Phi) is 5.64. The van der Waals surface area contributed by atoms with Crippen molar-refractivity contribution in [2.45, 2.75) is 32.0 Å². The molecule has 2 N–H and O–H groups in total. The van der Waals surface area contributed by atoms with Crippen LogP contribution >= 0.6 is 23.2 Å². The number of rotatable bonds is 5. The predicted octanol–water partition coefficient (Wildman–Crippen LogP) is 3.20. The van der Waals surface area contributed by atoms with Crippen molar-refractivity contribution in [3.05, 3.63) is 40.0 Å². The first kappa shape index (κ1) is 19.5. The fourth-order valence-corrected chi connectivity index (χ4v) is 3.18. The lowest BCUT2D eigenvalue weighted by molar-refractivity contribution is 0.142. The van der Waals surface area contributed by atoms with Gasteiger partial charge in [-0.2, -0.15) is 4.98 Å². The molecule has 3 atom stereocenters. The molecule has 144 valence electrons. The molecule has 8 nitrogen and oxygen atoms in total. The van der Waals surface area contributed by atoms with Crippen LogP contribution in [0.2, 0.25) is 10.0 Å². The van der Waals surface area contributed by atoms with Crippen molar-refractivity contribution in [1.82, 2.24) is 15.0 Å². The van der Waals surface area contributed by atoms with Gasteiger partial charge in [-0.3, -0.25) is 4.98 Å². The van der Waals surface area contributed by atoms with E-state index in [-0.39, 0.29) is 18.4 Å². The summed E-state index contributed by atoms with van der Waals surface area (Å²) in [7, 11) is 0. The Hall–Kier alpha value is -2.23. The van der Waals surface area contributed by atoms with E-state index in [1.165, 1.54) is 13.1 Å². The zero-order valence-electron chi connectivity index (χ0n) is 14.4. The van der Waals surface area contributed by atoms with Crippen molar-refractivity contribution in [2.75, 3.05) is 16.8 Å². The van der Waals surface area contributed by atoms with E-state index < -0.39 is 30.1 Å². The summed E-state index contributed by atoms with van der Waals surface area (Å²) in [6.07, 6.45) is 0.655. The highest BCUT2D eigenvalue weighted by molar-refractivity contribution is 6.34. The average Bonchev–Trinajstić information content (AvgIpc) is 2.98. The van der Waals surface area contributed by atoms with Gasteiger partial charge in [0.15, 0.2) is 11.6 Å². The number of pyridine rings is 1. The first-order valence-electron chi connectivity index (χ1n) is 8.02. The molecule has 0 aliphatic carbocycles. The van der Waals surface area contributed by atoms with Crippen molar-refractivity contribution in [2.24, 2.45) is 0 Å². The molecule has 0 saturated carbocycles. The second-order valence-corrected chi connectivity index (χ2v) is 6.85. The van der Waals surface area contributed by atoms with Gasteiger partial charge in [0.2, 0.25) is 5.95 Å². The minimum atomic E-state index is -0.932. The van der Waals surface area contributed by atoms with Gasteiger partial charge in [0, 0.05) is 6.20 Å². The van der Waals surface area contributed by atoms with E-state index in [2.05, 4.69) is 20.3 Å². The zero-order chi connectivity index (χ0) is 19.7. The van der Waals surface area contributed by atoms with Crippen molar-refractivity contribution >= 4 is 41.1 Å². The molecular formula is C16H16Cl2FN5O3. The predicted molar refractivity (Wildman–Crippen MR) is 97.6 cm³/mol. The summed E-state index contributed by atoms with van der Waals surface area (Å²) in [5.41, 5.74) is 0.498. The van der Waals surface area contributed by atoms with E-state index in [0.29, 0.717) is 15.7 Å². The lowest BCUT2D eigenvalue weighted by Crippen LogP contribution is -2.42. The van der Waals surface area contributed by atoms with Gasteiger partial charge in [-0.1, -0.05) is 23.2 Å². The smallest absolute Gasteiger partial charge is 0.416 e. The summed E-state index contributed by atoms with van der Waals surface area (Å²) >= 11 is 12.0. The van der Waals surface area contributed by atoms with Gasteiger partial charge in [0.05, 0.1) is 34.1 Å². The van der Waals surface area contributed by atoms with Gasteiger partial charge in [-0.25, -0.2) is 19.1 Å². The fourth-order valence-electron chi connectivity index (χ4n) is 2.64. The number of anilines is 2. The SMILES string of the molecule is C[C@@H](Nc1ncc(F)c(N2C(=O)OC[C@@H]2[C@@H](C)O)n1)c1ncc(Cl)cc1Cl. The van der Waals surface area contributed by atoms with Gasteiger partial charge in [0.25, 0.3) is 0 Å². The molecule has 3 rings (SSSR count). The third-order valence-electron chi connectivity index (χ3n) is 4.01. The number of nitrogens with zero attached hydrogens (tertiary/aromatic N) is 4. The molecule has 11 heteroatoms. The summed E-state index contributed by atoms with van der Waals surface area (Å²) in [6.45, 7) is 3.18. The van der Waals surface area contributed by atoms with E-state index in [4.69, 9.17) is 27.9 Å². The average molecular weight is 416 g/mol. The van der Waals surface area contributed by atoms with Crippen LogP contribution in [0.1, 0.15) is 25.6 Å². The number of carbonyl (C=O) groups is 1. The minimum absolute atomic E-state index is 0.0516. The number of aliphatic hydroxyl groups excluding tert-OH is 1. The highest BCUT2D eigenvalue weighted by Crippen LogP contribution is 2.28. The summed E-state index contributed by atoms with van der Waals surface area (Å²) in [5, 5.41) is 13.5. The summed E-state index contributed by atoms with van der Waals surface area (Å²) in [6, 6.07) is 0.374. The largest absolute Gasteiger partial charge is 0.447 e. The molecule has 1 fully saturated rings. The van der Waals surface area contributed by atoms with E-state index >= 15 is 0 Å². The van der Waals surface area contributed by atoms with Crippen molar-refractivity contribution in [3.8, 4) is 0 Å². The number of hydrogen-bond acceptors (Lipinski definition) is 7. The minimum Gasteiger partial charge on any atom is -0.447 e. The molecule has 0 aromatic carbocycles. The lowest BCUT2D eigenvalue weighted by Gasteiger charge is -2.23. The van der Waals surface area contributed by atoms with E-state index in [1.54, 1.807) is 13.0 Å². The summed E-state index contributed by atoms with van der Waals surface area (Å²) in [4.78, 5) is 25.1. The van der Waals surface area contributed by atoms with Gasteiger partial charge >= 0.3 is 6.09 Å². The number of halogens is 3. The van der Waals surface area contributed by atoms with Crippen LogP contribution in [0.25, 0.3) is 0 Å². The lowest BCUT2D eigenvalue weighted by atomic mass is 10.2. The molecule has 0 bridgehead atoms. The van der Waals surface area contributed by atoms with Crippen LogP contribution in [0, 0.1) is 5.82 Å². The Morgan fingerprint density at radius 3 is 2.78 bits per heavy atom. The maximum atomic E-state index is 14.3. The van der Waals surface area contributed by atoms with Crippen molar-refractivity contribution in [1.29, 1.82) is 0 Å².